The van der Waals surface area contributed by atoms with E-state index in [9.17, 15) is 4.39 Å². The molecule has 1 aliphatic heterocycles. The third kappa shape index (κ3) is 3.31. The second kappa shape index (κ2) is 6.72. The summed E-state index contributed by atoms with van der Waals surface area (Å²) in [6.07, 6.45) is 5.83. The van der Waals surface area contributed by atoms with Crippen LogP contribution in [0, 0.1) is 18.2 Å². The van der Waals surface area contributed by atoms with Crippen LogP contribution >= 0.6 is 0 Å². The molecule has 0 bridgehead atoms. The van der Waals surface area contributed by atoms with Crippen molar-refractivity contribution in [1.29, 1.82) is 0 Å². The molecule has 4 nitrogen and oxygen atoms in total. The molecule has 26 heavy (non-hydrogen) atoms. The number of hydrogen-bond donors (Lipinski definition) is 2. The minimum atomic E-state index is -0.233. The number of rotatable bonds is 4. The zero-order valence-corrected chi connectivity index (χ0v) is 15.2. The molecule has 0 radical (unpaired) electrons. The number of ether oxygens (including phenoxy) is 1. The summed E-state index contributed by atoms with van der Waals surface area (Å²) >= 11 is 0. The van der Waals surface area contributed by atoms with Crippen molar-refractivity contribution in [2.75, 3.05) is 19.7 Å². The Hall–Kier alpha value is -2.40. The van der Waals surface area contributed by atoms with Crippen molar-refractivity contribution in [1.82, 2.24) is 15.3 Å². The van der Waals surface area contributed by atoms with Crippen molar-refractivity contribution in [3.8, 4) is 16.9 Å². The van der Waals surface area contributed by atoms with Crippen molar-refractivity contribution in [2.24, 2.45) is 5.41 Å². The zero-order valence-electron chi connectivity index (χ0n) is 15.2. The summed E-state index contributed by atoms with van der Waals surface area (Å²) in [6, 6.07) is 6.97. The maximum absolute atomic E-state index is 13.9. The van der Waals surface area contributed by atoms with E-state index in [-0.39, 0.29) is 11.2 Å². The summed E-state index contributed by atoms with van der Waals surface area (Å²) in [4.78, 5) is 7.60. The standard InChI is InChI=1S/C21H24FN3O/c1-14-9-15(11-16(22)10-14)17-12-25-20-19(17)18(3-6-24-20)26-13-21(2)4-7-23-8-5-21/h3,6,9-12,23H,4-5,7-8,13H2,1-2H3,(H,24,25). The Bertz CT molecular complexity index is 908. The summed E-state index contributed by atoms with van der Waals surface area (Å²) in [5.74, 6) is 0.566. The highest BCUT2D eigenvalue weighted by Crippen LogP contribution is 2.36. The monoisotopic (exact) mass is 353 g/mol. The highest BCUT2D eigenvalue weighted by molar-refractivity contribution is 5.98. The van der Waals surface area contributed by atoms with Crippen LogP contribution in [0.3, 0.4) is 0 Å². The predicted octanol–water partition coefficient (Wildman–Crippen LogP) is 4.45. The van der Waals surface area contributed by atoms with Crippen LogP contribution in [0.25, 0.3) is 22.2 Å². The number of aryl methyl sites for hydroxylation is 1. The van der Waals surface area contributed by atoms with Crippen LogP contribution in [0.1, 0.15) is 25.3 Å². The molecule has 1 fully saturated rings. The molecule has 4 rings (SSSR count). The first kappa shape index (κ1) is 17.0. The van der Waals surface area contributed by atoms with Crippen LogP contribution in [0.5, 0.6) is 5.75 Å². The third-order valence-electron chi connectivity index (χ3n) is 5.28. The lowest BCUT2D eigenvalue weighted by Crippen LogP contribution is -2.38. The maximum Gasteiger partial charge on any atom is 0.141 e. The highest BCUT2D eigenvalue weighted by Gasteiger charge is 2.28. The van der Waals surface area contributed by atoms with E-state index in [0.717, 1.165) is 59.4 Å². The summed E-state index contributed by atoms with van der Waals surface area (Å²) in [7, 11) is 0. The molecule has 2 aromatic heterocycles. The van der Waals surface area contributed by atoms with E-state index in [1.54, 1.807) is 12.3 Å². The average Bonchev–Trinajstić information content (AvgIpc) is 3.04. The van der Waals surface area contributed by atoms with Crippen LogP contribution in [-0.4, -0.2) is 29.7 Å². The molecule has 0 unspecified atom stereocenters. The Morgan fingerprint density at radius 1 is 1.23 bits per heavy atom. The number of pyridine rings is 1. The second-order valence-corrected chi connectivity index (χ2v) is 7.60. The number of H-pyrrole nitrogens is 1. The lowest BCUT2D eigenvalue weighted by atomic mass is 9.82. The highest BCUT2D eigenvalue weighted by atomic mass is 19.1. The number of hydrogen-bond acceptors (Lipinski definition) is 3. The lowest BCUT2D eigenvalue weighted by Gasteiger charge is -2.33. The van der Waals surface area contributed by atoms with Crippen LogP contribution in [0.4, 0.5) is 4.39 Å². The number of benzene rings is 1. The molecule has 3 aromatic rings. The molecule has 2 N–H and O–H groups in total. The van der Waals surface area contributed by atoms with Gasteiger partial charge in [0, 0.05) is 23.4 Å². The number of nitrogens with zero attached hydrogens (tertiary/aromatic N) is 1. The molecule has 1 aliphatic rings. The number of aromatic nitrogens is 2. The van der Waals surface area contributed by atoms with Crippen LogP contribution in [0.2, 0.25) is 0 Å². The fourth-order valence-corrected chi connectivity index (χ4v) is 3.69. The van der Waals surface area contributed by atoms with Gasteiger partial charge in [0.05, 0.1) is 12.0 Å². The van der Waals surface area contributed by atoms with Crippen molar-refractivity contribution in [2.45, 2.75) is 26.7 Å². The maximum atomic E-state index is 13.9. The van der Waals surface area contributed by atoms with Gasteiger partial charge in [-0.05, 0) is 62.2 Å². The Kier molecular flexibility index (Phi) is 4.41. The Morgan fingerprint density at radius 2 is 2.04 bits per heavy atom. The molecule has 1 aromatic carbocycles. The molecule has 136 valence electrons. The number of halogens is 1. The molecule has 1 saturated heterocycles. The lowest BCUT2D eigenvalue weighted by molar-refractivity contribution is 0.124. The van der Waals surface area contributed by atoms with Gasteiger partial charge >= 0.3 is 0 Å². The molecular formula is C21H24FN3O. The summed E-state index contributed by atoms with van der Waals surface area (Å²) in [6.45, 7) is 6.91. The molecule has 0 saturated carbocycles. The quantitative estimate of drug-likeness (QED) is 0.729. The smallest absolute Gasteiger partial charge is 0.141 e. The normalized spacial score (nSPS) is 16.7. The molecule has 0 aliphatic carbocycles. The SMILES string of the molecule is Cc1cc(F)cc(-c2c[nH]c3nccc(OCC4(C)CCNCC4)c23)c1. The van der Waals surface area contributed by atoms with Crippen LogP contribution < -0.4 is 10.1 Å². The van der Waals surface area contributed by atoms with E-state index in [2.05, 4.69) is 22.2 Å². The van der Waals surface area contributed by atoms with Gasteiger partial charge in [0.2, 0.25) is 0 Å². The number of aromatic amines is 1. The molecule has 5 heteroatoms. The van der Waals surface area contributed by atoms with E-state index in [0.29, 0.717) is 6.61 Å². The fourth-order valence-electron chi connectivity index (χ4n) is 3.69. The minimum absolute atomic E-state index is 0.173. The number of fused-ring (bicyclic) bond motifs is 1. The molecule has 0 atom stereocenters. The minimum Gasteiger partial charge on any atom is -0.492 e. The van der Waals surface area contributed by atoms with E-state index >= 15 is 0 Å². The molecule has 0 amide bonds. The Balaban J connectivity index is 1.70. The van der Waals surface area contributed by atoms with Crippen molar-refractivity contribution in [3.05, 3.63) is 48.0 Å². The molecule has 0 spiro atoms. The fraction of sp³-hybridized carbons (Fsp3) is 0.381. The number of piperidine rings is 1. The molecular weight excluding hydrogens is 329 g/mol. The summed E-state index contributed by atoms with van der Waals surface area (Å²) in [5, 5.41) is 4.31. The third-order valence-corrected chi connectivity index (χ3v) is 5.28. The van der Waals surface area contributed by atoms with Gasteiger partial charge in [-0.15, -0.1) is 0 Å². The predicted molar refractivity (Wildman–Crippen MR) is 102 cm³/mol. The van der Waals surface area contributed by atoms with Gasteiger partial charge in [-0.3, -0.25) is 0 Å². The zero-order chi connectivity index (χ0) is 18.1. The van der Waals surface area contributed by atoms with Gasteiger partial charge < -0.3 is 15.0 Å². The van der Waals surface area contributed by atoms with E-state index in [1.165, 1.54) is 6.07 Å². The van der Waals surface area contributed by atoms with Crippen molar-refractivity contribution < 1.29 is 9.13 Å². The first-order valence-corrected chi connectivity index (χ1v) is 9.11. The van der Waals surface area contributed by atoms with Gasteiger partial charge in [-0.25, -0.2) is 9.37 Å². The summed E-state index contributed by atoms with van der Waals surface area (Å²) < 4.78 is 20.2. The largest absolute Gasteiger partial charge is 0.492 e. The van der Waals surface area contributed by atoms with Gasteiger partial charge in [0.25, 0.3) is 0 Å². The first-order chi connectivity index (χ1) is 12.5. The average molecular weight is 353 g/mol. The van der Waals surface area contributed by atoms with E-state index < -0.39 is 0 Å². The Morgan fingerprint density at radius 3 is 2.81 bits per heavy atom. The second-order valence-electron chi connectivity index (χ2n) is 7.60. The van der Waals surface area contributed by atoms with Crippen LogP contribution in [-0.2, 0) is 0 Å². The van der Waals surface area contributed by atoms with Crippen molar-refractivity contribution in [3.63, 3.8) is 0 Å². The first-order valence-electron chi connectivity index (χ1n) is 9.11. The van der Waals surface area contributed by atoms with Gasteiger partial charge in [0.15, 0.2) is 0 Å². The van der Waals surface area contributed by atoms with E-state index in [1.807, 2.05) is 25.3 Å². The van der Waals surface area contributed by atoms with E-state index in [4.69, 9.17) is 4.74 Å². The van der Waals surface area contributed by atoms with Gasteiger partial charge in [-0.2, -0.15) is 0 Å². The summed E-state index contributed by atoms with van der Waals surface area (Å²) in [5.41, 5.74) is 3.57. The number of nitrogens with one attached hydrogen (secondary N) is 2. The van der Waals surface area contributed by atoms with Crippen LogP contribution in [0.15, 0.2) is 36.7 Å². The topological polar surface area (TPSA) is 49.9 Å². The van der Waals surface area contributed by atoms with Gasteiger partial charge in [0.1, 0.15) is 17.2 Å². The Labute approximate surface area is 152 Å². The van der Waals surface area contributed by atoms with Gasteiger partial charge in [-0.1, -0.05) is 13.0 Å². The molecule has 3 heterocycles. The van der Waals surface area contributed by atoms with Crippen molar-refractivity contribution >= 4 is 11.0 Å².